The van der Waals surface area contributed by atoms with Crippen molar-refractivity contribution in [1.82, 2.24) is 10.6 Å². The van der Waals surface area contributed by atoms with Crippen LogP contribution in [0.5, 0.6) is 0 Å². The number of hydrogen-bond donors (Lipinski definition) is 2. The van der Waals surface area contributed by atoms with Crippen LogP contribution in [0.3, 0.4) is 0 Å². The van der Waals surface area contributed by atoms with Gasteiger partial charge in [0.15, 0.2) is 0 Å². The van der Waals surface area contributed by atoms with Gasteiger partial charge in [-0.3, -0.25) is 4.79 Å². The van der Waals surface area contributed by atoms with Gasteiger partial charge in [0.2, 0.25) is 5.91 Å². The number of hydrogen-bond acceptors (Lipinski definition) is 6. The Balaban J connectivity index is 3.99. The van der Waals surface area contributed by atoms with Crippen LogP contribution in [0.1, 0.15) is 47.5 Å². The molecule has 1 atom stereocenters. The Bertz CT molecular complexity index is 380. The molecule has 0 radical (unpaired) electrons. The molecule has 0 aromatic heterocycles. The first kappa shape index (κ1) is 24.8. The van der Waals surface area contributed by atoms with Gasteiger partial charge >= 0.3 is 14.9 Å². The molecule has 26 heavy (non-hydrogen) atoms. The van der Waals surface area contributed by atoms with Crippen molar-refractivity contribution in [3.63, 3.8) is 0 Å². The molecule has 0 spiro atoms. The van der Waals surface area contributed by atoms with E-state index < -0.39 is 14.9 Å². The molecule has 154 valence electrons. The van der Waals surface area contributed by atoms with E-state index in [4.69, 9.17) is 18.0 Å². The van der Waals surface area contributed by atoms with Crippen molar-refractivity contribution in [3.8, 4) is 0 Å². The first-order chi connectivity index (χ1) is 12.4. The first-order valence-electron chi connectivity index (χ1n) is 9.54. The fourth-order valence-corrected chi connectivity index (χ4v) is 4.84. The van der Waals surface area contributed by atoms with Crippen LogP contribution < -0.4 is 10.6 Å². The Morgan fingerprint density at radius 2 is 1.50 bits per heavy atom. The van der Waals surface area contributed by atoms with E-state index in [1.165, 1.54) is 0 Å². The number of ether oxygens (including phenoxy) is 1. The molecule has 2 amide bonds. The molecule has 0 aromatic rings. The minimum Gasteiger partial charge on any atom is -0.448 e. The molecule has 0 aliphatic carbocycles. The van der Waals surface area contributed by atoms with Crippen molar-refractivity contribution in [2.24, 2.45) is 5.92 Å². The summed E-state index contributed by atoms with van der Waals surface area (Å²) in [6.07, 6.45) is 0.953. The van der Waals surface area contributed by atoms with E-state index in [0.717, 1.165) is 6.42 Å². The molecule has 0 aliphatic heterocycles. The van der Waals surface area contributed by atoms with Crippen LogP contribution in [0.2, 0.25) is 6.04 Å². The summed E-state index contributed by atoms with van der Waals surface area (Å²) in [4.78, 5) is 23.2. The molecule has 0 saturated heterocycles. The van der Waals surface area contributed by atoms with Crippen molar-refractivity contribution < 1.29 is 27.6 Å². The zero-order valence-corrected chi connectivity index (χ0v) is 17.9. The molecule has 0 heterocycles. The highest BCUT2D eigenvalue weighted by Gasteiger charge is 2.39. The number of amides is 2. The van der Waals surface area contributed by atoms with Crippen LogP contribution in [-0.2, 0) is 22.8 Å². The van der Waals surface area contributed by atoms with E-state index in [1.807, 2.05) is 34.6 Å². The summed E-state index contributed by atoms with van der Waals surface area (Å²) in [6, 6.07) is 0.633. The van der Waals surface area contributed by atoms with Gasteiger partial charge in [0, 0.05) is 38.3 Å². The van der Waals surface area contributed by atoms with Crippen molar-refractivity contribution in [2.75, 3.05) is 39.5 Å². The number of rotatable bonds is 15. The van der Waals surface area contributed by atoms with Gasteiger partial charge in [-0.15, -0.1) is 0 Å². The smallest absolute Gasteiger partial charge is 0.448 e. The minimum atomic E-state index is -2.67. The highest BCUT2D eigenvalue weighted by molar-refractivity contribution is 6.60. The summed E-state index contributed by atoms with van der Waals surface area (Å²) in [5.41, 5.74) is 0. The molecular weight excluding hydrogens is 356 g/mol. The molecule has 1 unspecified atom stereocenters. The quantitative estimate of drug-likeness (QED) is 0.328. The highest BCUT2D eigenvalue weighted by atomic mass is 28.4. The Hall–Kier alpha value is -1.16. The Labute approximate surface area is 158 Å². The third kappa shape index (κ3) is 10.7. The van der Waals surface area contributed by atoms with E-state index in [0.29, 0.717) is 45.4 Å². The lowest BCUT2D eigenvalue weighted by Crippen LogP contribution is -2.46. The topological polar surface area (TPSA) is 95.1 Å². The normalized spacial score (nSPS) is 12.5. The third-order valence-electron chi connectivity index (χ3n) is 3.72. The number of nitrogens with one attached hydrogen (secondary N) is 2. The van der Waals surface area contributed by atoms with Gasteiger partial charge in [0.05, 0.1) is 6.54 Å². The van der Waals surface area contributed by atoms with Crippen LogP contribution in [-0.4, -0.2) is 60.3 Å². The van der Waals surface area contributed by atoms with Gasteiger partial charge in [-0.1, -0.05) is 13.8 Å². The van der Waals surface area contributed by atoms with E-state index in [-0.39, 0.29) is 18.4 Å². The average Bonchev–Trinajstić information content (AvgIpc) is 2.62. The summed E-state index contributed by atoms with van der Waals surface area (Å²) < 4.78 is 22.3. The van der Waals surface area contributed by atoms with E-state index in [2.05, 4.69) is 10.6 Å². The van der Waals surface area contributed by atoms with Gasteiger partial charge in [-0.2, -0.15) is 0 Å². The maximum absolute atomic E-state index is 11.7. The fourth-order valence-electron chi connectivity index (χ4n) is 2.23. The molecule has 0 aromatic carbocycles. The maximum Gasteiger partial charge on any atom is 0.500 e. The van der Waals surface area contributed by atoms with E-state index in [1.54, 1.807) is 0 Å². The lowest BCUT2D eigenvalue weighted by Gasteiger charge is -2.28. The largest absolute Gasteiger partial charge is 0.500 e. The van der Waals surface area contributed by atoms with Crippen LogP contribution in [0, 0.1) is 5.92 Å². The van der Waals surface area contributed by atoms with Crippen molar-refractivity contribution in [1.29, 1.82) is 0 Å². The standard InChI is InChI=1S/C17H36N2O6Si/c1-6-15(5)16(20)18-12-13-22-17(21)19-11-10-14-26(23-7-2,24-8-3)25-9-4/h15H,6-14H2,1-5H3,(H,18,20)(H,19,21). The summed E-state index contributed by atoms with van der Waals surface area (Å²) in [6.45, 7) is 12.0. The Morgan fingerprint density at radius 3 is 2.00 bits per heavy atom. The fraction of sp³-hybridized carbons (Fsp3) is 0.882. The van der Waals surface area contributed by atoms with Gasteiger partial charge in [-0.25, -0.2) is 4.79 Å². The first-order valence-corrected chi connectivity index (χ1v) is 11.5. The highest BCUT2D eigenvalue weighted by Crippen LogP contribution is 2.17. The predicted molar refractivity (Wildman–Crippen MR) is 102 cm³/mol. The molecule has 0 fully saturated rings. The molecule has 0 bridgehead atoms. The van der Waals surface area contributed by atoms with Crippen LogP contribution in [0.25, 0.3) is 0 Å². The summed E-state index contributed by atoms with van der Waals surface area (Å²) in [5, 5.41) is 5.42. The molecule has 2 N–H and O–H groups in total. The van der Waals surface area contributed by atoms with Crippen LogP contribution in [0.15, 0.2) is 0 Å². The number of carbonyl (C=O) groups excluding carboxylic acids is 2. The monoisotopic (exact) mass is 392 g/mol. The molecule has 0 aliphatic rings. The van der Waals surface area contributed by atoms with E-state index >= 15 is 0 Å². The van der Waals surface area contributed by atoms with Gasteiger partial charge in [-0.05, 0) is 33.6 Å². The van der Waals surface area contributed by atoms with Gasteiger partial charge in [0.1, 0.15) is 6.61 Å². The Kier molecular flexibility index (Phi) is 14.3. The molecule has 8 nitrogen and oxygen atoms in total. The lowest BCUT2D eigenvalue weighted by molar-refractivity contribution is -0.124. The van der Waals surface area contributed by atoms with Gasteiger partial charge in [0.25, 0.3) is 0 Å². The molecular formula is C17H36N2O6Si. The number of carbonyl (C=O) groups is 2. The van der Waals surface area contributed by atoms with Crippen molar-refractivity contribution >= 4 is 20.8 Å². The second-order valence-electron chi connectivity index (χ2n) is 5.75. The predicted octanol–water partition coefficient (Wildman–Crippen LogP) is 2.31. The van der Waals surface area contributed by atoms with E-state index in [9.17, 15) is 9.59 Å². The maximum atomic E-state index is 11.7. The van der Waals surface area contributed by atoms with Crippen molar-refractivity contribution in [2.45, 2.75) is 53.5 Å². The Morgan fingerprint density at radius 1 is 0.923 bits per heavy atom. The third-order valence-corrected chi connectivity index (χ3v) is 6.87. The SMILES string of the molecule is CCO[Si](CCCNC(=O)OCCNC(=O)C(C)CC)(OCC)OCC. The van der Waals surface area contributed by atoms with Crippen LogP contribution >= 0.6 is 0 Å². The zero-order valence-electron chi connectivity index (χ0n) is 16.9. The van der Waals surface area contributed by atoms with Crippen molar-refractivity contribution in [3.05, 3.63) is 0 Å². The second-order valence-corrected chi connectivity index (χ2v) is 8.48. The molecule has 0 saturated carbocycles. The van der Waals surface area contributed by atoms with Gasteiger partial charge < -0.3 is 28.6 Å². The number of alkyl carbamates (subject to hydrolysis) is 1. The molecule has 0 rings (SSSR count). The zero-order chi connectivity index (χ0) is 19.8. The minimum absolute atomic E-state index is 0.0272. The summed E-state index contributed by atoms with van der Waals surface area (Å²) in [5.74, 6) is -0.0603. The average molecular weight is 393 g/mol. The van der Waals surface area contributed by atoms with Crippen LogP contribution in [0.4, 0.5) is 4.79 Å². The summed E-state index contributed by atoms with van der Waals surface area (Å²) >= 11 is 0. The lowest BCUT2D eigenvalue weighted by atomic mass is 10.1. The second kappa shape index (κ2) is 14.9. The molecule has 9 heteroatoms. The summed E-state index contributed by atoms with van der Waals surface area (Å²) in [7, 11) is -2.67.